The number of fused-ring (bicyclic) bond motifs is 2. The van der Waals surface area contributed by atoms with Gasteiger partial charge in [-0.25, -0.2) is 0 Å². The van der Waals surface area contributed by atoms with E-state index in [9.17, 15) is 14.9 Å². The zero-order valence-electron chi connectivity index (χ0n) is 10.5. The summed E-state index contributed by atoms with van der Waals surface area (Å²) in [7, 11) is 0. The highest BCUT2D eigenvalue weighted by Gasteiger charge is 2.51. The molecule has 5 nitrogen and oxygen atoms in total. The summed E-state index contributed by atoms with van der Waals surface area (Å²) in [6.07, 6.45) is 3.61. The van der Waals surface area contributed by atoms with E-state index in [2.05, 4.69) is 5.32 Å². The van der Waals surface area contributed by atoms with Crippen LogP contribution in [0.5, 0.6) is 0 Å². The fraction of sp³-hybridized carbons (Fsp3) is 0.500. The van der Waals surface area contributed by atoms with Crippen LogP contribution in [-0.2, 0) is 10.2 Å². The van der Waals surface area contributed by atoms with Crippen molar-refractivity contribution in [3.63, 3.8) is 0 Å². The number of hydrogen-bond acceptors (Lipinski definition) is 4. The van der Waals surface area contributed by atoms with E-state index in [1.165, 1.54) is 0 Å². The number of hydrogen-bond donors (Lipinski definition) is 1. The predicted molar refractivity (Wildman–Crippen MR) is 70.8 cm³/mol. The Morgan fingerprint density at radius 2 is 2.21 bits per heavy atom. The minimum Gasteiger partial charge on any atom is -0.375 e. The molecule has 0 radical (unpaired) electrons. The lowest BCUT2D eigenvalue weighted by Crippen LogP contribution is -2.46. The van der Waals surface area contributed by atoms with Gasteiger partial charge in [-0.05, 0) is 24.5 Å². The second-order valence-corrected chi connectivity index (χ2v) is 5.50. The lowest BCUT2D eigenvalue weighted by Gasteiger charge is -2.37. The van der Waals surface area contributed by atoms with Crippen molar-refractivity contribution in [2.75, 3.05) is 5.32 Å². The molecule has 5 heteroatoms. The van der Waals surface area contributed by atoms with Gasteiger partial charge in [0.05, 0.1) is 6.04 Å². The number of anilines is 1. The zero-order valence-corrected chi connectivity index (χ0v) is 10.5. The Bertz CT molecular complexity index is 531. The molecule has 0 amide bonds. The largest absolute Gasteiger partial charge is 0.375 e. The summed E-state index contributed by atoms with van der Waals surface area (Å²) in [5, 5.41) is 14.3. The van der Waals surface area contributed by atoms with Crippen molar-refractivity contribution in [1.82, 2.24) is 0 Å². The first-order chi connectivity index (χ1) is 9.17. The first kappa shape index (κ1) is 12.1. The van der Waals surface area contributed by atoms with Gasteiger partial charge in [-0.1, -0.05) is 18.2 Å². The third-order valence-corrected chi connectivity index (χ3v) is 4.56. The minimum absolute atomic E-state index is 0.191. The van der Waals surface area contributed by atoms with Gasteiger partial charge in [0.1, 0.15) is 6.29 Å². The molecule has 0 bridgehead atoms. The number of carbonyl (C=O) groups excluding carboxylic acids is 1. The number of nitrogens with one attached hydrogen (secondary N) is 1. The van der Waals surface area contributed by atoms with Crippen molar-refractivity contribution in [2.45, 2.75) is 43.2 Å². The molecule has 1 saturated carbocycles. The van der Waals surface area contributed by atoms with Gasteiger partial charge in [0.15, 0.2) is 0 Å². The monoisotopic (exact) mass is 260 g/mol. The normalized spacial score (nSPS) is 32.6. The average Bonchev–Trinajstić information content (AvgIpc) is 2.73. The summed E-state index contributed by atoms with van der Waals surface area (Å²) in [5.41, 5.74) is 1.62. The van der Waals surface area contributed by atoms with Crippen LogP contribution in [-0.4, -0.2) is 23.3 Å². The maximum Gasteiger partial charge on any atom is 0.214 e. The van der Waals surface area contributed by atoms with Crippen LogP contribution >= 0.6 is 0 Å². The van der Waals surface area contributed by atoms with Crippen LogP contribution in [0.3, 0.4) is 0 Å². The second-order valence-electron chi connectivity index (χ2n) is 5.50. The molecule has 1 N–H and O–H groups in total. The Labute approximate surface area is 111 Å². The van der Waals surface area contributed by atoms with Gasteiger partial charge in [0, 0.05) is 28.9 Å². The molecule has 3 unspecified atom stereocenters. The topological polar surface area (TPSA) is 72.2 Å². The summed E-state index contributed by atoms with van der Waals surface area (Å²) < 4.78 is 0. The van der Waals surface area contributed by atoms with E-state index in [-0.39, 0.29) is 11.0 Å². The fourth-order valence-corrected chi connectivity index (χ4v) is 3.67. The highest BCUT2D eigenvalue weighted by molar-refractivity contribution is 5.76. The Kier molecular flexibility index (Phi) is 2.77. The maximum absolute atomic E-state index is 11.4. The van der Waals surface area contributed by atoms with E-state index in [1.807, 2.05) is 24.3 Å². The zero-order chi connectivity index (χ0) is 13.5. The van der Waals surface area contributed by atoms with E-state index in [4.69, 9.17) is 0 Å². The molecule has 1 fully saturated rings. The van der Waals surface area contributed by atoms with Crippen molar-refractivity contribution < 1.29 is 9.72 Å². The van der Waals surface area contributed by atoms with E-state index >= 15 is 0 Å². The summed E-state index contributed by atoms with van der Waals surface area (Å²) in [6.45, 7) is 0. The Morgan fingerprint density at radius 1 is 1.42 bits per heavy atom. The number of para-hydroxylation sites is 1. The van der Waals surface area contributed by atoms with Crippen LogP contribution in [0.15, 0.2) is 24.3 Å². The van der Waals surface area contributed by atoms with Gasteiger partial charge in [0.25, 0.3) is 0 Å². The molecule has 2 aliphatic rings. The van der Waals surface area contributed by atoms with E-state index in [1.54, 1.807) is 0 Å². The van der Waals surface area contributed by atoms with Crippen molar-refractivity contribution in [2.24, 2.45) is 0 Å². The Balaban J connectivity index is 2.04. The van der Waals surface area contributed by atoms with Crippen molar-refractivity contribution in [3.8, 4) is 0 Å². The summed E-state index contributed by atoms with van der Waals surface area (Å²) in [6, 6.07) is 6.91. The second kappa shape index (κ2) is 4.33. The van der Waals surface area contributed by atoms with Crippen LogP contribution in [0.1, 0.15) is 31.2 Å². The average molecular weight is 260 g/mol. The van der Waals surface area contributed by atoms with Crippen LogP contribution in [0.2, 0.25) is 0 Å². The number of nitrogens with zero attached hydrogens (tertiary/aromatic N) is 1. The van der Waals surface area contributed by atoms with Crippen LogP contribution in [0, 0.1) is 10.1 Å². The fourth-order valence-electron chi connectivity index (χ4n) is 3.67. The van der Waals surface area contributed by atoms with Gasteiger partial charge in [-0.15, -0.1) is 0 Å². The number of aldehydes is 1. The molecule has 0 aromatic heterocycles. The molecule has 3 atom stereocenters. The Morgan fingerprint density at radius 3 is 2.95 bits per heavy atom. The molecule has 1 aliphatic carbocycles. The Hall–Kier alpha value is -1.91. The standard InChI is InChI=1S/C14H16N2O3/c17-9-13-14(7-3-4-10(8-14)16(18)19)11-5-1-2-6-12(11)15-13/h1-2,5-6,9-10,13,15H,3-4,7-8H2. The van der Waals surface area contributed by atoms with E-state index in [0.29, 0.717) is 12.8 Å². The van der Waals surface area contributed by atoms with Gasteiger partial charge < -0.3 is 10.1 Å². The molecule has 100 valence electrons. The molecule has 0 saturated heterocycles. The highest BCUT2D eigenvalue weighted by atomic mass is 16.6. The lowest BCUT2D eigenvalue weighted by molar-refractivity contribution is -0.528. The summed E-state index contributed by atoms with van der Waals surface area (Å²) >= 11 is 0. The van der Waals surface area contributed by atoms with Gasteiger partial charge in [-0.3, -0.25) is 10.1 Å². The number of benzene rings is 1. The molecule has 3 rings (SSSR count). The summed E-state index contributed by atoms with van der Waals surface area (Å²) in [4.78, 5) is 22.3. The van der Waals surface area contributed by atoms with Gasteiger partial charge in [-0.2, -0.15) is 0 Å². The maximum atomic E-state index is 11.4. The molecular weight excluding hydrogens is 244 g/mol. The van der Waals surface area contributed by atoms with Crippen molar-refractivity contribution >= 4 is 12.0 Å². The third-order valence-electron chi connectivity index (χ3n) is 4.56. The molecule has 1 aromatic carbocycles. The quantitative estimate of drug-likeness (QED) is 0.502. The van der Waals surface area contributed by atoms with Crippen molar-refractivity contribution in [1.29, 1.82) is 0 Å². The van der Waals surface area contributed by atoms with Crippen LogP contribution in [0.4, 0.5) is 5.69 Å². The smallest absolute Gasteiger partial charge is 0.214 e. The molecular formula is C14H16N2O3. The minimum atomic E-state index is -0.538. The van der Waals surface area contributed by atoms with Gasteiger partial charge >= 0.3 is 0 Å². The summed E-state index contributed by atoms with van der Waals surface area (Å²) in [5.74, 6) is 0. The van der Waals surface area contributed by atoms with E-state index < -0.39 is 11.5 Å². The molecule has 1 aromatic rings. The number of nitro groups is 1. The lowest BCUT2D eigenvalue weighted by atomic mass is 9.65. The third kappa shape index (κ3) is 1.72. The van der Waals surface area contributed by atoms with E-state index in [0.717, 1.165) is 30.4 Å². The number of rotatable bonds is 2. The van der Waals surface area contributed by atoms with Crippen LogP contribution < -0.4 is 5.32 Å². The number of carbonyl (C=O) groups is 1. The SMILES string of the molecule is O=CC1Nc2ccccc2C12CCCC([N+](=O)[O-])C2. The molecule has 1 heterocycles. The van der Waals surface area contributed by atoms with Gasteiger partial charge in [0.2, 0.25) is 6.04 Å². The van der Waals surface area contributed by atoms with Crippen molar-refractivity contribution in [3.05, 3.63) is 39.9 Å². The highest BCUT2D eigenvalue weighted by Crippen LogP contribution is 2.49. The molecule has 19 heavy (non-hydrogen) atoms. The first-order valence-corrected chi connectivity index (χ1v) is 6.62. The van der Waals surface area contributed by atoms with Crippen LogP contribution in [0.25, 0.3) is 0 Å². The molecule has 1 aliphatic heterocycles. The predicted octanol–water partition coefficient (Wildman–Crippen LogP) is 2.14. The first-order valence-electron chi connectivity index (χ1n) is 6.62. The molecule has 1 spiro atoms.